The molecule has 7 nitrogen and oxygen atoms in total. The molecule has 0 saturated heterocycles. The van der Waals surface area contributed by atoms with Crippen molar-refractivity contribution in [1.29, 1.82) is 0 Å². The van der Waals surface area contributed by atoms with Crippen molar-refractivity contribution in [2.45, 2.75) is 10.2 Å². The number of nitrogens with two attached hydrogens (primary N) is 1. The van der Waals surface area contributed by atoms with Crippen LogP contribution in [0.15, 0.2) is 5.10 Å². The van der Waals surface area contributed by atoms with Crippen LogP contribution in [0.4, 0.5) is 9.59 Å². The smallest absolute Gasteiger partial charge is 0.417 e. The lowest BCUT2D eigenvalue weighted by atomic mass is 10.4. The molecule has 0 aliphatic carbocycles. The fraction of sp³-hybridized carbons (Fsp3) is 0.625. The summed E-state index contributed by atoms with van der Waals surface area (Å²) in [5.74, 6) is 0.325. The average Bonchev–Trinajstić information content (AvgIpc) is 2.69. The third-order valence-corrected chi connectivity index (χ3v) is 2.30. The van der Waals surface area contributed by atoms with Gasteiger partial charge >= 0.3 is 12.1 Å². The van der Waals surface area contributed by atoms with Gasteiger partial charge in [-0.05, 0) is 0 Å². The minimum absolute atomic E-state index is 0.312. The number of hydrogen-bond donors (Lipinski definition) is 1. The minimum atomic E-state index is -1.73. The second-order valence-electron chi connectivity index (χ2n) is 3.48. The maximum Gasteiger partial charge on any atom is 0.417 e. The Labute approximate surface area is 118 Å². The topological polar surface area (TPSA) is 88.2 Å². The lowest BCUT2D eigenvalue weighted by molar-refractivity contribution is 0.109. The second-order valence-corrected chi connectivity index (χ2v) is 5.99. The number of amides is 3. The molecule has 102 valence electrons. The van der Waals surface area contributed by atoms with Gasteiger partial charge in [0.2, 0.25) is 3.79 Å². The molecule has 1 heterocycles. The summed E-state index contributed by atoms with van der Waals surface area (Å²) >= 11 is 16.2. The summed E-state index contributed by atoms with van der Waals surface area (Å²) in [7, 11) is 1.23. The van der Waals surface area contributed by atoms with Crippen LogP contribution in [0.3, 0.4) is 0 Å². The van der Waals surface area contributed by atoms with Gasteiger partial charge in [-0.2, -0.15) is 5.10 Å². The van der Waals surface area contributed by atoms with Gasteiger partial charge in [-0.15, -0.1) is 0 Å². The molecule has 1 aliphatic heterocycles. The van der Waals surface area contributed by atoms with Gasteiger partial charge in [0.15, 0.2) is 0 Å². The molecular weight excluding hydrogens is 306 g/mol. The Morgan fingerprint density at radius 2 is 2.17 bits per heavy atom. The Morgan fingerprint density at radius 1 is 1.56 bits per heavy atom. The van der Waals surface area contributed by atoms with Crippen LogP contribution in [-0.2, 0) is 4.74 Å². The van der Waals surface area contributed by atoms with Crippen LogP contribution in [0, 0.1) is 0 Å². The molecule has 1 aliphatic rings. The number of imide groups is 1. The summed E-state index contributed by atoms with van der Waals surface area (Å²) in [5.41, 5.74) is 5.42. The number of urea groups is 1. The monoisotopic (exact) mass is 316 g/mol. The van der Waals surface area contributed by atoms with E-state index in [9.17, 15) is 9.59 Å². The van der Waals surface area contributed by atoms with Crippen LogP contribution in [0.2, 0.25) is 0 Å². The molecule has 0 spiro atoms. The van der Waals surface area contributed by atoms with Gasteiger partial charge in [0.05, 0.1) is 6.54 Å². The molecule has 0 fully saturated rings. The normalized spacial score (nSPS) is 15.3. The summed E-state index contributed by atoms with van der Waals surface area (Å²) in [6.07, 6.45) is -0.477. The van der Waals surface area contributed by atoms with Gasteiger partial charge in [0.1, 0.15) is 12.4 Å². The maximum atomic E-state index is 11.7. The van der Waals surface area contributed by atoms with E-state index in [0.29, 0.717) is 18.8 Å². The Bertz CT molecular complexity index is 382. The van der Waals surface area contributed by atoms with Gasteiger partial charge in [-0.25, -0.2) is 19.5 Å². The fourth-order valence-electron chi connectivity index (χ4n) is 1.11. The van der Waals surface area contributed by atoms with E-state index >= 15 is 0 Å². The molecule has 1 rings (SSSR count). The Morgan fingerprint density at radius 3 is 2.61 bits per heavy atom. The van der Waals surface area contributed by atoms with Crippen molar-refractivity contribution in [2.24, 2.45) is 10.8 Å². The number of halogens is 3. The van der Waals surface area contributed by atoms with Crippen molar-refractivity contribution in [3.05, 3.63) is 0 Å². The summed E-state index contributed by atoms with van der Waals surface area (Å²) in [6, 6.07) is -0.662. The molecule has 0 atom stereocenters. The van der Waals surface area contributed by atoms with E-state index in [1.54, 1.807) is 0 Å². The van der Waals surface area contributed by atoms with E-state index in [1.807, 2.05) is 0 Å². The van der Waals surface area contributed by atoms with Gasteiger partial charge in [0, 0.05) is 13.5 Å². The lowest BCUT2D eigenvalue weighted by Gasteiger charge is -2.20. The Kier molecular flexibility index (Phi) is 4.89. The Hall–Kier alpha value is -0.920. The van der Waals surface area contributed by atoms with Gasteiger partial charge in [-0.1, -0.05) is 34.8 Å². The van der Waals surface area contributed by atoms with Crippen molar-refractivity contribution >= 4 is 52.8 Å². The first-order valence-electron chi connectivity index (χ1n) is 4.82. The molecule has 3 amide bonds. The van der Waals surface area contributed by atoms with E-state index in [0.717, 1.165) is 9.91 Å². The van der Waals surface area contributed by atoms with Crippen LogP contribution in [0.5, 0.6) is 0 Å². The van der Waals surface area contributed by atoms with Crippen molar-refractivity contribution in [1.82, 2.24) is 9.91 Å². The maximum absolute atomic E-state index is 11.7. The van der Waals surface area contributed by atoms with Crippen molar-refractivity contribution in [3.8, 4) is 0 Å². The minimum Gasteiger partial charge on any atom is -0.445 e. The van der Waals surface area contributed by atoms with Crippen molar-refractivity contribution in [3.63, 3.8) is 0 Å². The molecule has 0 bridgehead atoms. The third-order valence-electron chi connectivity index (χ3n) is 1.97. The Balaban J connectivity index is 2.51. The van der Waals surface area contributed by atoms with Gasteiger partial charge in [-0.3, -0.25) is 0 Å². The number of hydrazone groups is 1. The first-order chi connectivity index (χ1) is 8.20. The van der Waals surface area contributed by atoms with Crippen LogP contribution in [0.1, 0.15) is 6.42 Å². The summed E-state index contributed by atoms with van der Waals surface area (Å²) in [6.45, 7) is -0.147. The molecular formula is C8H11Cl3N4O3. The highest BCUT2D eigenvalue weighted by atomic mass is 35.6. The van der Waals surface area contributed by atoms with Crippen LogP contribution in [0.25, 0.3) is 0 Å². The van der Waals surface area contributed by atoms with Gasteiger partial charge in [0.25, 0.3) is 0 Å². The SMILES string of the molecule is CN(C(=O)OCC(Cl)(Cl)Cl)C(=O)N1CCC(N)=N1. The predicted molar refractivity (Wildman–Crippen MR) is 67.7 cm³/mol. The summed E-state index contributed by atoms with van der Waals surface area (Å²) < 4.78 is 2.91. The zero-order valence-corrected chi connectivity index (χ0v) is 11.7. The molecule has 0 aromatic heterocycles. The number of alkyl halides is 3. The number of hydrogen-bond acceptors (Lipinski definition) is 5. The molecule has 0 saturated carbocycles. The van der Waals surface area contributed by atoms with E-state index in [4.69, 9.17) is 40.5 Å². The number of rotatable bonds is 1. The predicted octanol–water partition coefficient (Wildman–Crippen LogP) is 1.52. The summed E-state index contributed by atoms with van der Waals surface area (Å²) in [5, 5.41) is 4.81. The number of nitrogens with zero attached hydrogens (tertiary/aromatic N) is 3. The van der Waals surface area contributed by atoms with E-state index in [1.165, 1.54) is 7.05 Å². The lowest BCUT2D eigenvalue weighted by Crippen LogP contribution is -2.41. The zero-order chi connectivity index (χ0) is 13.9. The largest absolute Gasteiger partial charge is 0.445 e. The number of carbonyl (C=O) groups is 2. The molecule has 2 N–H and O–H groups in total. The van der Waals surface area contributed by atoms with Gasteiger partial charge < -0.3 is 10.5 Å². The highest BCUT2D eigenvalue weighted by Crippen LogP contribution is 2.26. The molecule has 0 radical (unpaired) electrons. The molecule has 10 heteroatoms. The van der Waals surface area contributed by atoms with E-state index < -0.39 is 22.5 Å². The van der Waals surface area contributed by atoms with E-state index in [2.05, 4.69) is 9.84 Å². The number of ether oxygens (including phenoxy) is 1. The van der Waals surface area contributed by atoms with Crippen LogP contribution in [-0.4, -0.2) is 51.9 Å². The second kappa shape index (κ2) is 5.81. The van der Waals surface area contributed by atoms with Crippen LogP contribution >= 0.6 is 34.8 Å². The summed E-state index contributed by atoms with van der Waals surface area (Å²) in [4.78, 5) is 23.9. The standard InChI is InChI=1S/C8H11Cl3N4O3/c1-14(7(17)18-4-8(9,10)11)6(16)15-3-2-5(12)13-15/h2-4H2,1H3,(H2,12,13). The van der Waals surface area contributed by atoms with E-state index in [-0.39, 0.29) is 0 Å². The molecule has 0 unspecified atom stereocenters. The number of carbonyl (C=O) groups excluding carboxylic acids is 2. The molecule has 0 aromatic carbocycles. The first-order valence-corrected chi connectivity index (χ1v) is 5.96. The van der Waals surface area contributed by atoms with Crippen molar-refractivity contribution in [2.75, 3.05) is 20.2 Å². The number of amidine groups is 1. The third kappa shape index (κ3) is 4.40. The molecule has 18 heavy (non-hydrogen) atoms. The average molecular weight is 318 g/mol. The quantitative estimate of drug-likeness (QED) is 0.743. The van der Waals surface area contributed by atoms with Crippen LogP contribution < -0.4 is 5.73 Å². The molecule has 0 aromatic rings. The first kappa shape index (κ1) is 15.1. The highest BCUT2D eigenvalue weighted by molar-refractivity contribution is 6.67. The highest BCUT2D eigenvalue weighted by Gasteiger charge is 2.29. The van der Waals surface area contributed by atoms with Crippen molar-refractivity contribution < 1.29 is 14.3 Å². The fourth-order valence-corrected chi connectivity index (χ4v) is 1.27. The zero-order valence-electron chi connectivity index (χ0n) is 9.40.